The summed E-state index contributed by atoms with van der Waals surface area (Å²) in [4.78, 5) is 0. The third-order valence-corrected chi connectivity index (χ3v) is 13.6. The molecule has 0 amide bonds. The monoisotopic (exact) mass is 814 g/mol. The van der Waals surface area contributed by atoms with Crippen molar-refractivity contribution in [2.24, 2.45) is 0 Å². The number of hydrogen-bond donors (Lipinski definition) is 0. The van der Waals surface area contributed by atoms with E-state index in [0.717, 1.165) is 12.8 Å². The van der Waals surface area contributed by atoms with Crippen LogP contribution in [-0.4, -0.2) is 9.13 Å². The molecule has 2 aromatic heterocycles. The van der Waals surface area contributed by atoms with Crippen LogP contribution in [0.25, 0.3) is 111 Å². The lowest BCUT2D eigenvalue weighted by atomic mass is 9.84. The van der Waals surface area contributed by atoms with Crippen LogP contribution in [-0.2, 0) is 12.8 Å². The molecule has 12 aromatic rings. The minimum absolute atomic E-state index is 0.995. The van der Waals surface area contributed by atoms with Crippen molar-refractivity contribution in [1.82, 2.24) is 9.13 Å². The van der Waals surface area contributed by atoms with Gasteiger partial charge in [0.1, 0.15) is 0 Å². The summed E-state index contributed by atoms with van der Waals surface area (Å²) in [6, 6.07) is 85.1. The zero-order valence-electron chi connectivity index (χ0n) is 35.2. The number of hydrogen-bond acceptors (Lipinski definition) is 0. The first-order valence-corrected chi connectivity index (χ1v) is 22.4. The van der Waals surface area contributed by atoms with Crippen LogP contribution >= 0.6 is 0 Å². The van der Waals surface area contributed by atoms with E-state index in [9.17, 15) is 0 Å². The predicted molar refractivity (Wildman–Crippen MR) is 270 cm³/mol. The van der Waals surface area contributed by atoms with E-state index in [-0.39, 0.29) is 0 Å². The maximum absolute atomic E-state index is 2.51. The summed E-state index contributed by atoms with van der Waals surface area (Å²) < 4.78 is 4.94. The van der Waals surface area contributed by atoms with Crippen LogP contribution in [0.1, 0.15) is 11.1 Å². The largest absolute Gasteiger partial charge is 0.309 e. The van der Waals surface area contributed by atoms with Crippen molar-refractivity contribution in [2.75, 3.05) is 0 Å². The van der Waals surface area contributed by atoms with Crippen molar-refractivity contribution in [3.8, 4) is 67.0 Å². The Labute approximate surface area is 372 Å². The molecule has 2 heterocycles. The van der Waals surface area contributed by atoms with Crippen molar-refractivity contribution in [3.63, 3.8) is 0 Å². The molecule has 1 aliphatic carbocycles. The highest BCUT2D eigenvalue weighted by Crippen LogP contribution is 2.45. The highest BCUT2D eigenvalue weighted by atomic mass is 15.0. The Kier molecular flexibility index (Phi) is 8.39. The van der Waals surface area contributed by atoms with E-state index in [2.05, 4.69) is 240 Å². The van der Waals surface area contributed by atoms with Crippen LogP contribution in [0.5, 0.6) is 0 Å². The van der Waals surface area contributed by atoms with Gasteiger partial charge in [-0.15, -0.1) is 0 Å². The maximum Gasteiger partial charge on any atom is 0.0547 e. The fourth-order valence-corrected chi connectivity index (χ4v) is 10.5. The Morgan fingerprint density at radius 3 is 0.969 bits per heavy atom. The number of fused-ring (bicyclic) bond motifs is 9. The van der Waals surface area contributed by atoms with Gasteiger partial charge in [0.05, 0.1) is 22.1 Å². The van der Waals surface area contributed by atoms with Crippen LogP contribution in [0.15, 0.2) is 231 Å². The summed E-state index contributed by atoms with van der Waals surface area (Å²) in [6.07, 6.45) is 1.99. The molecule has 300 valence electrons. The van der Waals surface area contributed by atoms with Crippen molar-refractivity contribution >= 4 is 43.6 Å². The number of aromatic nitrogens is 2. The molecule has 0 bridgehead atoms. The van der Waals surface area contributed by atoms with Gasteiger partial charge in [-0.05, 0) is 165 Å². The first-order chi connectivity index (χ1) is 31.7. The van der Waals surface area contributed by atoms with Gasteiger partial charge >= 0.3 is 0 Å². The summed E-state index contributed by atoms with van der Waals surface area (Å²) in [7, 11) is 0. The van der Waals surface area contributed by atoms with E-state index in [4.69, 9.17) is 0 Å². The molecular weight excluding hydrogens is 773 g/mol. The number of rotatable bonds is 6. The second kappa shape index (κ2) is 14.7. The zero-order valence-corrected chi connectivity index (χ0v) is 35.2. The van der Waals surface area contributed by atoms with Crippen molar-refractivity contribution in [2.45, 2.75) is 12.8 Å². The molecule has 2 nitrogen and oxygen atoms in total. The van der Waals surface area contributed by atoms with Gasteiger partial charge < -0.3 is 9.13 Å². The third kappa shape index (κ3) is 5.95. The number of para-hydroxylation sites is 2. The fraction of sp³-hybridized carbons (Fsp3) is 0.0323. The third-order valence-electron chi connectivity index (χ3n) is 13.6. The lowest BCUT2D eigenvalue weighted by Gasteiger charge is -2.21. The van der Waals surface area contributed by atoms with Crippen LogP contribution in [0, 0.1) is 0 Å². The van der Waals surface area contributed by atoms with Gasteiger partial charge in [-0.2, -0.15) is 0 Å². The quantitative estimate of drug-likeness (QED) is 0.158. The van der Waals surface area contributed by atoms with E-state index in [1.807, 2.05) is 0 Å². The lowest BCUT2D eigenvalue weighted by Crippen LogP contribution is -2.05. The molecule has 1 aliphatic rings. The average Bonchev–Trinajstić information content (AvgIpc) is 3.87. The minimum atomic E-state index is 0.995. The van der Waals surface area contributed by atoms with Gasteiger partial charge in [0.2, 0.25) is 0 Å². The molecule has 0 spiro atoms. The molecule has 0 aliphatic heterocycles. The van der Waals surface area contributed by atoms with Gasteiger partial charge in [0, 0.05) is 32.9 Å². The summed E-state index contributed by atoms with van der Waals surface area (Å²) >= 11 is 0. The Hall–Kier alpha value is -8.20. The second-order valence-corrected chi connectivity index (χ2v) is 17.3. The van der Waals surface area contributed by atoms with E-state index in [1.165, 1.54) is 122 Å². The van der Waals surface area contributed by atoms with Crippen LogP contribution < -0.4 is 0 Å². The topological polar surface area (TPSA) is 9.86 Å². The molecule has 0 fully saturated rings. The summed E-state index contributed by atoms with van der Waals surface area (Å²) in [5, 5.41) is 5.15. The minimum Gasteiger partial charge on any atom is -0.309 e. The highest BCUT2D eigenvalue weighted by Gasteiger charge is 2.24. The van der Waals surface area contributed by atoms with Crippen molar-refractivity contribution in [3.05, 3.63) is 242 Å². The lowest BCUT2D eigenvalue weighted by molar-refractivity contribution is 0.946. The Morgan fingerprint density at radius 1 is 0.234 bits per heavy atom. The molecule has 0 unspecified atom stereocenters. The predicted octanol–water partition coefficient (Wildman–Crippen LogP) is 16.3. The second-order valence-electron chi connectivity index (χ2n) is 17.3. The molecule has 0 radical (unpaired) electrons. The van der Waals surface area contributed by atoms with Crippen molar-refractivity contribution < 1.29 is 0 Å². The molecule has 0 N–H and O–H groups in total. The van der Waals surface area contributed by atoms with Gasteiger partial charge in [-0.1, -0.05) is 146 Å². The molecule has 0 saturated carbocycles. The molecule has 64 heavy (non-hydrogen) atoms. The summed E-state index contributed by atoms with van der Waals surface area (Å²) in [6.45, 7) is 0. The molecule has 13 rings (SSSR count). The number of benzene rings is 10. The maximum atomic E-state index is 2.51. The average molecular weight is 815 g/mol. The molecule has 10 aromatic carbocycles. The molecule has 0 saturated heterocycles. The van der Waals surface area contributed by atoms with Crippen LogP contribution in [0.3, 0.4) is 0 Å². The Bertz CT molecular complexity index is 3490. The van der Waals surface area contributed by atoms with Gasteiger partial charge in [-0.25, -0.2) is 0 Å². The highest BCUT2D eigenvalue weighted by molar-refractivity contribution is 6.14. The fourth-order valence-electron chi connectivity index (χ4n) is 10.5. The Morgan fingerprint density at radius 2 is 0.562 bits per heavy atom. The number of aryl methyl sites for hydroxylation is 2. The first kappa shape index (κ1) is 36.5. The van der Waals surface area contributed by atoms with Crippen LogP contribution in [0.4, 0.5) is 0 Å². The normalized spacial score (nSPS) is 12.2. The van der Waals surface area contributed by atoms with Crippen molar-refractivity contribution in [1.29, 1.82) is 0 Å². The summed E-state index contributed by atoms with van der Waals surface area (Å²) in [5.41, 5.74) is 22.5. The molecule has 0 atom stereocenters. The molecule has 2 heteroatoms. The first-order valence-electron chi connectivity index (χ1n) is 22.4. The zero-order chi connectivity index (χ0) is 42.1. The van der Waals surface area contributed by atoms with Gasteiger partial charge in [-0.3, -0.25) is 0 Å². The summed E-state index contributed by atoms with van der Waals surface area (Å²) in [5.74, 6) is 0. The van der Waals surface area contributed by atoms with E-state index in [1.54, 1.807) is 0 Å². The smallest absolute Gasteiger partial charge is 0.0547 e. The SMILES string of the molecule is c1ccc(-c2cccc(-c3ccc4c(c3)c3cc5c(cc3n4-c3ccccc3)-c3cc4c(cc3CC5)c3cc(-c5cccc(-c6ccccc6)c5)ccc3n4-c3ccccc3)c2)cc1. The van der Waals surface area contributed by atoms with Crippen LogP contribution in [0.2, 0.25) is 0 Å². The molecular formula is C62H42N2. The van der Waals surface area contributed by atoms with Gasteiger partial charge in [0.15, 0.2) is 0 Å². The van der Waals surface area contributed by atoms with Gasteiger partial charge in [0.25, 0.3) is 0 Å². The Balaban J connectivity index is 0.999. The van der Waals surface area contributed by atoms with E-state index in [0.29, 0.717) is 0 Å². The number of nitrogens with zero attached hydrogens (tertiary/aromatic N) is 2. The van der Waals surface area contributed by atoms with E-state index < -0.39 is 0 Å². The van der Waals surface area contributed by atoms with E-state index >= 15 is 0 Å². The standard InChI is InChI=1S/C62H42N2/c1-5-15-41(16-6-1)43-19-13-21-45(33-43)47-29-31-59-55(35-47)57-37-49-27-28-50-38-58-56-36-48(46-22-14-20-44(34-46)42-17-7-2-8-18-42)30-32-60(56)64(52-25-11-4-12-26-52)62(58)40-54(50)53(49)39-61(57)63(59)51-23-9-3-10-24-51/h1-26,29-40H,27-28H2.